The van der Waals surface area contributed by atoms with Gasteiger partial charge in [-0.1, -0.05) is 0 Å². The van der Waals surface area contributed by atoms with Gasteiger partial charge in [-0.3, -0.25) is 4.79 Å². The van der Waals surface area contributed by atoms with Crippen LogP contribution in [0.3, 0.4) is 0 Å². The second-order valence-corrected chi connectivity index (χ2v) is 5.12. The first-order valence-electron chi connectivity index (χ1n) is 6.74. The Morgan fingerprint density at radius 1 is 1.30 bits per heavy atom. The molecule has 1 aliphatic rings. The molecule has 0 bridgehead atoms. The maximum atomic E-state index is 11.8. The first kappa shape index (κ1) is 12.8. The molecule has 1 aromatic heterocycles. The van der Waals surface area contributed by atoms with E-state index in [-0.39, 0.29) is 11.9 Å². The topological polar surface area (TPSA) is 85.8 Å². The zero-order valence-corrected chi connectivity index (χ0v) is 11.1. The van der Waals surface area contributed by atoms with Crippen molar-refractivity contribution in [2.45, 2.75) is 25.3 Å². The van der Waals surface area contributed by atoms with E-state index in [9.17, 15) is 4.79 Å². The third-order valence-electron chi connectivity index (χ3n) is 3.45. The summed E-state index contributed by atoms with van der Waals surface area (Å²) in [6, 6.07) is 7.37. The van der Waals surface area contributed by atoms with Crippen molar-refractivity contribution < 1.29 is 4.79 Å². The molecule has 3 N–H and O–H groups in total. The van der Waals surface area contributed by atoms with Gasteiger partial charge in [0.05, 0.1) is 18.1 Å². The van der Waals surface area contributed by atoms with Crippen LogP contribution in [0.15, 0.2) is 36.7 Å². The van der Waals surface area contributed by atoms with Crippen molar-refractivity contribution in [3.63, 3.8) is 0 Å². The minimum absolute atomic E-state index is 0.0115. The van der Waals surface area contributed by atoms with Gasteiger partial charge in [0.15, 0.2) is 0 Å². The maximum absolute atomic E-state index is 11.8. The number of carbonyl (C=O) groups excluding carboxylic acids is 1. The number of benzene rings is 1. The molecule has 0 saturated heterocycles. The molecule has 0 radical (unpaired) electrons. The minimum Gasteiger partial charge on any atom is -0.327 e. The fraction of sp³-hybridized carbons (Fsp3) is 0.357. The van der Waals surface area contributed by atoms with Crippen molar-refractivity contribution in [2.24, 2.45) is 11.7 Å². The molecule has 1 saturated carbocycles. The van der Waals surface area contributed by atoms with E-state index >= 15 is 0 Å². The smallest absolute Gasteiger partial charge is 0.225 e. The van der Waals surface area contributed by atoms with Gasteiger partial charge in [-0.05, 0) is 43.0 Å². The summed E-state index contributed by atoms with van der Waals surface area (Å²) in [6.07, 6.45) is 5.93. The van der Waals surface area contributed by atoms with Crippen LogP contribution in [0.2, 0.25) is 0 Å². The largest absolute Gasteiger partial charge is 0.327 e. The number of carbonyl (C=O) groups is 1. The van der Waals surface area contributed by atoms with Crippen molar-refractivity contribution in [3.05, 3.63) is 36.7 Å². The Bertz CT molecular complexity index is 574. The van der Waals surface area contributed by atoms with E-state index in [1.165, 1.54) is 4.80 Å². The molecule has 6 nitrogen and oxygen atoms in total. The highest BCUT2D eigenvalue weighted by Crippen LogP contribution is 2.32. The number of aromatic nitrogens is 3. The van der Waals surface area contributed by atoms with E-state index in [0.717, 1.165) is 24.2 Å². The first-order chi connectivity index (χ1) is 9.72. The van der Waals surface area contributed by atoms with Crippen molar-refractivity contribution in [1.82, 2.24) is 15.0 Å². The second kappa shape index (κ2) is 5.42. The fourth-order valence-electron chi connectivity index (χ4n) is 2.14. The van der Waals surface area contributed by atoms with Crippen LogP contribution in [0.1, 0.15) is 19.3 Å². The van der Waals surface area contributed by atoms with E-state index in [1.807, 2.05) is 24.3 Å². The van der Waals surface area contributed by atoms with Crippen molar-refractivity contribution >= 4 is 11.6 Å². The summed E-state index contributed by atoms with van der Waals surface area (Å²) in [6.45, 7) is 0. The Labute approximate surface area is 117 Å². The lowest BCUT2D eigenvalue weighted by atomic mass is 10.1. The van der Waals surface area contributed by atoms with Gasteiger partial charge in [0.25, 0.3) is 0 Å². The molecular weight excluding hydrogens is 254 g/mol. The Hall–Kier alpha value is -2.21. The summed E-state index contributed by atoms with van der Waals surface area (Å²) in [5.74, 6) is 0.503. The van der Waals surface area contributed by atoms with Crippen LogP contribution < -0.4 is 11.1 Å². The van der Waals surface area contributed by atoms with E-state index in [0.29, 0.717) is 12.3 Å². The number of rotatable bonds is 5. The first-order valence-corrected chi connectivity index (χ1v) is 6.74. The molecule has 1 fully saturated rings. The Morgan fingerprint density at radius 2 is 1.95 bits per heavy atom. The van der Waals surface area contributed by atoms with E-state index in [2.05, 4.69) is 15.5 Å². The lowest BCUT2D eigenvalue weighted by Gasteiger charge is -2.10. The average Bonchev–Trinajstić information content (AvgIpc) is 3.15. The summed E-state index contributed by atoms with van der Waals surface area (Å²) >= 11 is 0. The Kier molecular flexibility index (Phi) is 3.47. The van der Waals surface area contributed by atoms with Gasteiger partial charge in [-0.2, -0.15) is 15.0 Å². The number of nitrogens with zero attached hydrogens (tertiary/aromatic N) is 3. The van der Waals surface area contributed by atoms with Gasteiger partial charge in [0.1, 0.15) is 0 Å². The Balaban J connectivity index is 1.58. The van der Waals surface area contributed by atoms with Gasteiger partial charge < -0.3 is 11.1 Å². The molecule has 104 valence electrons. The van der Waals surface area contributed by atoms with Crippen LogP contribution in [-0.4, -0.2) is 26.9 Å². The monoisotopic (exact) mass is 271 g/mol. The van der Waals surface area contributed by atoms with Gasteiger partial charge >= 0.3 is 0 Å². The standard InChI is InChI=1S/C14H17N5O/c15-13(10-1-2-10)9-14(20)18-11-3-5-12(6-4-11)19-16-7-8-17-19/h3-8,10,13H,1-2,9,15H2,(H,18,20). The van der Waals surface area contributed by atoms with Crippen molar-refractivity contribution in [2.75, 3.05) is 5.32 Å². The predicted molar refractivity (Wildman–Crippen MR) is 75.3 cm³/mol. The number of anilines is 1. The van der Waals surface area contributed by atoms with E-state index in [1.54, 1.807) is 12.4 Å². The average molecular weight is 271 g/mol. The van der Waals surface area contributed by atoms with Crippen molar-refractivity contribution in [3.8, 4) is 5.69 Å². The number of hydrogen-bond donors (Lipinski definition) is 2. The highest BCUT2D eigenvalue weighted by atomic mass is 16.1. The predicted octanol–water partition coefficient (Wildman–Crippen LogP) is 1.33. The van der Waals surface area contributed by atoms with E-state index < -0.39 is 0 Å². The Morgan fingerprint density at radius 3 is 2.55 bits per heavy atom. The summed E-state index contributed by atoms with van der Waals surface area (Å²) in [4.78, 5) is 13.4. The highest BCUT2D eigenvalue weighted by molar-refractivity contribution is 5.91. The molecule has 1 amide bonds. The van der Waals surface area contributed by atoms with Gasteiger partial charge in [-0.25, -0.2) is 0 Å². The molecule has 3 rings (SSSR count). The zero-order valence-electron chi connectivity index (χ0n) is 11.1. The fourth-order valence-corrected chi connectivity index (χ4v) is 2.14. The molecule has 20 heavy (non-hydrogen) atoms. The van der Waals surface area contributed by atoms with Crippen LogP contribution in [0.25, 0.3) is 5.69 Å². The zero-order chi connectivity index (χ0) is 13.9. The minimum atomic E-state index is -0.0330. The van der Waals surface area contributed by atoms with Gasteiger partial charge in [0, 0.05) is 18.2 Å². The summed E-state index contributed by atoms with van der Waals surface area (Å²) in [7, 11) is 0. The van der Waals surface area contributed by atoms with Crippen LogP contribution in [0.4, 0.5) is 5.69 Å². The number of nitrogens with one attached hydrogen (secondary N) is 1. The van der Waals surface area contributed by atoms with Crippen LogP contribution in [0, 0.1) is 5.92 Å². The lowest BCUT2D eigenvalue weighted by Crippen LogP contribution is -2.28. The molecule has 2 aromatic rings. The molecule has 6 heteroatoms. The normalized spacial score (nSPS) is 15.8. The third kappa shape index (κ3) is 3.03. The molecule has 1 aromatic carbocycles. The molecule has 0 aliphatic heterocycles. The van der Waals surface area contributed by atoms with Gasteiger partial charge in [0.2, 0.25) is 5.91 Å². The molecule has 1 unspecified atom stereocenters. The van der Waals surface area contributed by atoms with Crippen LogP contribution >= 0.6 is 0 Å². The van der Waals surface area contributed by atoms with Crippen LogP contribution in [0.5, 0.6) is 0 Å². The molecule has 1 aliphatic carbocycles. The molecule has 1 heterocycles. The lowest BCUT2D eigenvalue weighted by molar-refractivity contribution is -0.116. The number of hydrogen-bond acceptors (Lipinski definition) is 4. The summed E-state index contributed by atoms with van der Waals surface area (Å²) < 4.78 is 0. The quantitative estimate of drug-likeness (QED) is 0.859. The third-order valence-corrected chi connectivity index (χ3v) is 3.45. The number of amides is 1. The molecule has 1 atom stereocenters. The van der Waals surface area contributed by atoms with Crippen LogP contribution in [-0.2, 0) is 4.79 Å². The second-order valence-electron chi connectivity index (χ2n) is 5.12. The maximum Gasteiger partial charge on any atom is 0.225 e. The highest BCUT2D eigenvalue weighted by Gasteiger charge is 2.29. The van der Waals surface area contributed by atoms with Gasteiger partial charge in [-0.15, -0.1) is 0 Å². The molecular formula is C14H17N5O. The molecule has 0 spiro atoms. The van der Waals surface area contributed by atoms with E-state index in [4.69, 9.17) is 5.73 Å². The van der Waals surface area contributed by atoms with Crippen molar-refractivity contribution in [1.29, 1.82) is 0 Å². The SMILES string of the molecule is NC(CC(=O)Nc1ccc(-n2nccn2)cc1)C1CC1. The summed E-state index contributed by atoms with van der Waals surface area (Å²) in [5.41, 5.74) is 7.55. The number of nitrogens with two attached hydrogens (primary N) is 1. The summed E-state index contributed by atoms with van der Waals surface area (Å²) in [5, 5.41) is 10.9.